The van der Waals surface area contributed by atoms with Crippen LogP contribution in [0.25, 0.3) is 5.69 Å². The van der Waals surface area contributed by atoms with E-state index in [1.54, 1.807) is 6.07 Å². The van der Waals surface area contributed by atoms with E-state index in [9.17, 15) is 9.59 Å². The summed E-state index contributed by atoms with van der Waals surface area (Å²) in [6.07, 6.45) is 5.08. The van der Waals surface area contributed by atoms with Gasteiger partial charge in [0, 0.05) is 18.2 Å². The molecular formula is C27H38N4O5. The van der Waals surface area contributed by atoms with Crippen molar-refractivity contribution in [3.8, 4) is 5.69 Å². The molecule has 0 atom stereocenters. The Labute approximate surface area is 212 Å². The number of aliphatic hydroxyl groups is 1. The molecule has 1 aromatic carbocycles. The fraction of sp³-hybridized carbons (Fsp3) is 0.593. The summed E-state index contributed by atoms with van der Waals surface area (Å²) < 4.78 is 13.0. The number of hydrogen-bond donors (Lipinski definition) is 3. The number of ketones is 1. The molecule has 0 radical (unpaired) electrons. The molecule has 0 bridgehead atoms. The van der Waals surface area contributed by atoms with E-state index in [1.807, 2.05) is 23.7 Å². The smallest absolute Gasteiger partial charge is 0.250 e. The van der Waals surface area contributed by atoms with Crippen molar-refractivity contribution >= 4 is 17.4 Å². The molecular weight excluding hydrogens is 460 g/mol. The summed E-state index contributed by atoms with van der Waals surface area (Å²) in [5, 5.41) is 17.0. The third-order valence-corrected chi connectivity index (χ3v) is 7.08. The number of hydrogen-bond acceptors (Lipinski definition) is 7. The Morgan fingerprint density at radius 3 is 2.64 bits per heavy atom. The largest absolute Gasteiger partial charge is 0.394 e. The molecule has 9 nitrogen and oxygen atoms in total. The Morgan fingerprint density at radius 2 is 1.94 bits per heavy atom. The number of fused-ring (bicyclic) bond motifs is 1. The highest BCUT2D eigenvalue weighted by molar-refractivity contribution is 6.00. The summed E-state index contributed by atoms with van der Waals surface area (Å²) in [6, 6.07) is 5.69. The van der Waals surface area contributed by atoms with E-state index in [1.165, 1.54) is 0 Å². The zero-order valence-corrected chi connectivity index (χ0v) is 21.5. The second kappa shape index (κ2) is 11.1. The van der Waals surface area contributed by atoms with Gasteiger partial charge >= 0.3 is 0 Å². The first kappa shape index (κ1) is 26.3. The molecule has 0 aliphatic heterocycles. The summed E-state index contributed by atoms with van der Waals surface area (Å²) in [6.45, 7) is 7.43. The standard InChI is InChI=1S/C27H38N4O5/c1-17-25-23(15-27(2,3)16-24(25)33)31(30-17)19-6-9-21(26(28)34)22(14-19)29-18-4-7-20(8-5-18)36-13-12-35-11-10-32/h6,9,14,18,20,29,32H,4-5,7-8,10-13,15-16H2,1-3H3,(H2,28,34)/t18-,20-. The van der Waals surface area contributed by atoms with E-state index < -0.39 is 5.91 Å². The Balaban J connectivity index is 1.49. The van der Waals surface area contributed by atoms with E-state index >= 15 is 0 Å². The fourth-order valence-corrected chi connectivity index (χ4v) is 5.39. The van der Waals surface area contributed by atoms with Crippen molar-refractivity contribution < 1.29 is 24.2 Å². The first-order valence-electron chi connectivity index (χ1n) is 12.8. The Morgan fingerprint density at radius 1 is 1.19 bits per heavy atom. The number of amides is 1. The molecule has 0 unspecified atom stereocenters. The number of primary amides is 1. The van der Waals surface area contributed by atoms with Gasteiger partial charge < -0.3 is 25.6 Å². The van der Waals surface area contributed by atoms with Crippen LogP contribution in [-0.2, 0) is 15.9 Å². The molecule has 196 valence electrons. The molecule has 1 fully saturated rings. The molecule has 4 rings (SSSR count). The lowest BCUT2D eigenvalue weighted by Gasteiger charge is -2.30. The molecule has 9 heteroatoms. The minimum Gasteiger partial charge on any atom is -0.394 e. The molecule has 2 aliphatic rings. The molecule has 36 heavy (non-hydrogen) atoms. The molecule has 1 saturated carbocycles. The molecule has 0 saturated heterocycles. The highest BCUT2D eigenvalue weighted by Gasteiger charge is 2.36. The summed E-state index contributed by atoms with van der Waals surface area (Å²) in [5.74, 6) is -0.352. The predicted octanol–water partition coefficient (Wildman–Crippen LogP) is 3.18. The topological polar surface area (TPSA) is 129 Å². The maximum Gasteiger partial charge on any atom is 0.250 e. The van der Waals surface area contributed by atoms with Gasteiger partial charge in [0.25, 0.3) is 5.91 Å². The Bertz CT molecular complexity index is 1100. The summed E-state index contributed by atoms with van der Waals surface area (Å²) in [5.41, 5.74) is 9.87. The maximum absolute atomic E-state index is 12.8. The highest BCUT2D eigenvalue weighted by Crippen LogP contribution is 2.37. The van der Waals surface area contributed by atoms with Gasteiger partial charge in [-0.1, -0.05) is 13.8 Å². The van der Waals surface area contributed by atoms with Crippen molar-refractivity contribution in [2.45, 2.75) is 71.4 Å². The number of Topliss-reactive ketones (excluding diaryl/α,β-unsaturated/α-hetero) is 1. The zero-order chi connectivity index (χ0) is 25.9. The van der Waals surface area contributed by atoms with E-state index in [0.717, 1.165) is 54.7 Å². The monoisotopic (exact) mass is 498 g/mol. The van der Waals surface area contributed by atoms with Crippen LogP contribution in [0.2, 0.25) is 0 Å². The third-order valence-electron chi connectivity index (χ3n) is 7.08. The average molecular weight is 499 g/mol. The van der Waals surface area contributed by atoms with Crippen LogP contribution in [0.15, 0.2) is 18.2 Å². The molecule has 1 heterocycles. The molecule has 4 N–H and O–H groups in total. The molecule has 0 spiro atoms. The number of carbonyl (C=O) groups excluding carboxylic acids is 2. The van der Waals surface area contributed by atoms with Crippen molar-refractivity contribution in [1.29, 1.82) is 0 Å². The number of ether oxygens (including phenoxy) is 2. The normalized spacial score (nSPS) is 21.3. The number of aliphatic hydroxyl groups excluding tert-OH is 1. The van der Waals surface area contributed by atoms with Crippen LogP contribution in [0.4, 0.5) is 5.69 Å². The molecule has 2 aliphatic carbocycles. The average Bonchev–Trinajstić information content (AvgIpc) is 3.15. The fourth-order valence-electron chi connectivity index (χ4n) is 5.39. The van der Waals surface area contributed by atoms with Crippen LogP contribution in [0.1, 0.15) is 78.1 Å². The lowest BCUT2D eigenvalue weighted by molar-refractivity contribution is -0.0164. The summed E-state index contributed by atoms with van der Waals surface area (Å²) >= 11 is 0. The van der Waals surface area contributed by atoms with Gasteiger partial charge in [-0.2, -0.15) is 5.10 Å². The Kier molecular flexibility index (Phi) is 8.12. The van der Waals surface area contributed by atoms with Crippen molar-refractivity contribution in [3.63, 3.8) is 0 Å². The first-order chi connectivity index (χ1) is 17.2. The van der Waals surface area contributed by atoms with Crippen molar-refractivity contribution in [1.82, 2.24) is 9.78 Å². The number of nitrogens with one attached hydrogen (secondary N) is 1. The van der Waals surface area contributed by atoms with Crippen LogP contribution in [-0.4, -0.2) is 65.2 Å². The van der Waals surface area contributed by atoms with E-state index in [2.05, 4.69) is 19.2 Å². The SMILES string of the molecule is Cc1nn(-c2ccc(C(N)=O)c(N[C@H]3CC[C@H](OCCOCCO)CC3)c2)c2c1C(=O)CC(C)(C)C2. The van der Waals surface area contributed by atoms with Gasteiger partial charge in [-0.05, 0) is 62.6 Å². The predicted molar refractivity (Wildman–Crippen MR) is 137 cm³/mol. The van der Waals surface area contributed by atoms with Gasteiger partial charge in [-0.25, -0.2) is 4.68 Å². The second-order valence-electron chi connectivity index (χ2n) is 10.7. The van der Waals surface area contributed by atoms with Crippen LogP contribution in [0.3, 0.4) is 0 Å². The van der Waals surface area contributed by atoms with Crippen LogP contribution < -0.4 is 11.1 Å². The van der Waals surface area contributed by atoms with Crippen molar-refractivity contribution in [2.75, 3.05) is 31.7 Å². The summed E-state index contributed by atoms with van der Waals surface area (Å²) in [4.78, 5) is 25.0. The van der Waals surface area contributed by atoms with Gasteiger partial charge in [0.05, 0.1) is 60.7 Å². The third kappa shape index (κ3) is 5.96. The van der Waals surface area contributed by atoms with Gasteiger partial charge in [-0.3, -0.25) is 9.59 Å². The summed E-state index contributed by atoms with van der Waals surface area (Å²) in [7, 11) is 0. The number of aryl methyl sites for hydroxylation is 1. The number of rotatable bonds is 10. The number of nitrogens with two attached hydrogens (primary N) is 1. The quantitative estimate of drug-likeness (QED) is 0.429. The van der Waals surface area contributed by atoms with E-state index in [4.69, 9.17) is 25.4 Å². The minimum absolute atomic E-state index is 0.0177. The van der Waals surface area contributed by atoms with Gasteiger partial charge in [0.15, 0.2) is 5.78 Å². The van der Waals surface area contributed by atoms with E-state index in [-0.39, 0.29) is 30.0 Å². The number of anilines is 1. The van der Waals surface area contributed by atoms with Gasteiger partial charge in [0.2, 0.25) is 0 Å². The first-order valence-corrected chi connectivity index (χ1v) is 12.8. The van der Waals surface area contributed by atoms with Crippen LogP contribution in [0, 0.1) is 12.3 Å². The van der Waals surface area contributed by atoms with Gasteiger partial charge in [-0.15, -0.1) is 0 Å². The van der Waals surface area contributed by atoms with Crippen molar-refractivity contribution in [3.05, 3.63) is 40.7 Å². The van der Waals surface area contributed by atoms with E-state index in [0.29, 0.717) is 37.5 Å². The maximum atomic E-state index is 12.8. The second-order valence-corrected chi connectivity index (χ2v) is 10.7. The Hall–Kier alpha value is -2.75. The van der Waals surface area contributed by atoms with Crippen LogP contribution >= 0.6 is 0 Å². The zero-order valence-electron chi connectivity index (χ0n) is 21.5. The molecule has 1 aromatic heterocycles. The van der Waals surface area contributed by atoms with Gasteiger partial charge in [0.1, 0.15) is 0 Å². The lowest BCUT2D eigenvalue weighted by Crippen LogP contribution is -2.31. The molecule has 1 amide bonds. The number of benzene rings is 1. The number of nitrogens with zero attached hydrogens (tertiary/aromatic N) is 2. The van der Waals surface area contributed by atoms with Crippen LogP contribution in [0.5, 0.6) is 0 Å². The van der Waals surface area contributed by atoms with Crippen molar-refractivity contribution in [2.24, 2.45) is 11.1 Å². The lowest BCUT2D eigenvalue weighted by atomic mass is 9.75. The minimum atomic E-state index is -0.487. The highest BCUT2D eigenvalue weighted by atomic mass is 16.5. The number of aromatic nitrogens is 2. The number of carbonyl (C=O) groups is 2. The molecule has 2 aromatic rings.